The van der Waals surface area contributed by atoms with Gasteiger partial charge in [-0.05, 0) is 26.0 Å². The van der Waals surface area contributed by atoms with E-state index in [9.17, 15) is 5.11 Å². The Morgan fingerprint density at radius 1 is 1.21 bits per heavy atom. The van der Waals surface area contributed by atoms with E-state index in [1.54, 1.807) is 29.6 Å². The van der Waals surface area contributed by atoms with Crippen LogP contribution in [0.4, 0.5) is 5.69 Å². The number of aryl methyl sites for hydroxylation is 1. The molecule has 2 aromatic carbocycles. The van der Waals surface area contributed by atoms with Crippen LogP contribution >= 0.6 is 22.7 Å². The average Bonchev–Trinajstić information content (AvgIpc) is 3.43. The van der Waals surface area contributed by atoms with Crippen LogP contribution in [0.15, 0.2) is 47.8 Å². The normalized spacial score (nSPS) is 17.4. The number of fused-ring (bicyclic) bond motifs is 1. The number of thiazole rings is 2. The largest absolute Gasteiger partial charge is 0.489 e. The van der Waals surface area contributed by atoms with Gasteiger partial charge in [0.1, 0.15) is 28.6 Å². The van der Waals surface area contributed by atoms with Crippen molar-refractivity contribution in [2.75, 3.05) is 31.1 Å². The highest BCUT2D eigenvalue weighted by Crippen LogP contribution is 2.39. The number of rotatable bonds is 7. The first-order valence-corrected chi connectivity index (χ1v) is 13.0. The van der Waals surface area contributed by atoms with Crippen molar-refractivity contribution in [2.45, 2.75) is 32.4 Å². The van der Waals surface area contributed by atoms with Gasteiger partial charge in [-0.25, -0.2) is 9.97 Å². The topological polar surface area (TPSA) is 70.5 Å². The van der Waals surface area contributed by atoms with E-state index in [1.165, 1.54) is 0 Å². The van der Waals surface area contributed by atoms with Gasteiger partial charge in [-0.2, -0.15) is 0 Å². The van der Waals surface area contributed by atoms with Gasteiger partial charge in [0.15, 0.2) is 0 Å². The van der Waals surface area contributed by atoms with Crippen LogP contribution in [0.5, 0.6) is 5.75 Å². The third-order valence-electron chi connectivity index (χ3n) is 5.68. The molecule has 0 aliphatic carbocycles. The van der Waals surface area contributed by atoms with E-state index in [0.29, 0.717) is 0 Å². The second-order valence-corrected chi connectivity index (χ2v) is 10.6. The highest BCUT2D eigenvalue weighted by atomic mass is 32.1. The van der Waals surface area contributed by atoms with E-state index in [4.69, 9.17) is 14.7 Å². The molecule has 0 bridgehead atoms. The first kappa shape index (κ1) is 22.3. The monoisotopic (exact) mass is 480 g/mol. The SMILES string of the molecule is Cc1nc2c(N3CCNC(Cc4csc(-c5ccccc5)n4)C3)c(OC[C@@H](C)O)ccc2s1. The molecule has 1 aliphatic rings. The zero-order valence-electron chi connectivity index (χ0n) is 18.8. The molecule has 33 heavy (non-hydrogen) atoms. The van der Waals surface area contributed by atoms with Crippen LogP contribution in [0.1, 0.15) is 17.6 Å². The number of ether oxygens (including phenoxy) is 1. The number of aliphatic hydroxyl groups excluding tert-OH is 1. The predicted octanol–water partition coefficient (Wildman–Crippen LogP) is 4.51. The number of piperazine rings is 1. The van der Waals surface area contributed by atoms with Gasteiger partial charge in [-0.15, -0.1) is 22.7 Å². The van der Waals surface area contributed by atoms with Crippen molar-refractivity contribution in [3.8, 4) is 16.3 Å². The number of anilines is 1. The van der Waals surface area contributed by atoms with Gasteiger partial charge in [0, 0.05) is 43.0 Å². The summed E-state index contributed by atoms with van der Waals surface area (Å²) in [4.78, 5) is 12.1. The predicted molar refractivity (Wildman–Crippen MR) is 137 cm³/mol. The molecule has 2 aromatic heterocycles. The van der Waals surface area contributed by atoms with E-state index >= 15 is 0 Å². The molecule has 8 heteroatoms. The zero-order valence-corrected chi connectivity index (χ0v) is 20.5. The van der Waals surface area contributed by atoms with E-state index < -0.39 is 6.10 Å². The van der Waals surface area contributed by atoms with Gasteiger partial charge < -0.3 is 20.1 Å². The van der Waals surface area contributed by atoms with Crippen LogP contribution in [0.3, 0.4) is 0 Å². The molecule has 1 saturated heterocycles. The first-order valence-electron chi connectivity index (χ1n) is 11.3. The smallest absolute Gasteiger partial charge is 0.145 e. The third-order valence-corrected chi connectivity index (χ3v) is 7.56. The molecule has 0 radical (unpaired) electrons. The summed E-state index contributed by atoms with van der Waals surface area (Å²) in [5.41, 5.74) is 4.30. The molecule has 5 rings (SSSR count). The molecule has 172 valence electrons. The highest BCUT2D eigenvalue weighted by molar-refractivity contribution is 7.18. The Balaban J connectivity index is 1.37. The molecular weight excluding hydrogens is 452 g/mol. The van der Waals surface area contributed by atoms with Gasteiger partial charge in [0.05, 0.1) is 21.5 Å². The highest BCUT2D eigenvalue weighted by Gasteiger charge is 2.26. The number of aliphatic hydroxyl groups is 1. The summed E-state index contributed by atoms with van der Waals surface area (Å²) in [5, 5.41) is 17.7. The summed E-state index contributed by atoms with van der Waals surface area (Å²) >= 11 is 3.40. The number of hydrogen-bond acceptors (Lipinski definition) is 8. The first-order chi connectivity index (χ1) is 16.1. The summed E-state index contributed by atoms with van der Waals surface area (Å²) in [6.45, 7) is 6.65. The Morgan fingerprint density at radius 3 is 2.88 bits per heavy atom. The fourth-order valence-electron chi connectivity index (χ4n) is 4.24. The minimum Gasteiger partial charge on any atom is -0.489 e. The minimum absolute atomic E-state index is 0.262. The lowest BCUT2D eigenvalue weighted by Gasteiger charge is -2.36. The van der Waals surface area contributed by atoms with Crippen molar-refractivity contribution in [1.82, 2.24) is 15.3 Å². The van der Waals surface area contributed by atoms with E-state index in [0.717, 1.165) is 69.0 Å². The Kier molecular flexibility index (Phi) is 6.59. The minimum atomic E-state index is -0.523. The fraction of sp³-hybridized carbons (Fsp3) is 0.360. The van der Waals surface area contributed by atoms with Gasteiger partial charge in [0.25, 0.3) is 0 Å². The number of nitrogens with one attached hydrogen (secondary N) is 1. The number of hydrogen-bond donors (Lipinski definition) is 2. The molecule has 2 atom stereocenters. The quantitative estimate of drug-likeness (QED) is 0.406. The second kappa shape index (κ2) is 9.77. The van der Waals surface area contributed by atoms with Crippen molar-refractivity contribution in [3.05, 3.63) is 58.5 Å². The van der Waals surface area contributed by atoms with Crippen LogP contribution in [-0.4, -0.2) is 53.5 Å². The molecule has 0 saturated carbocycles. The Bertz CT molecular complexity index is 1220. The number of benzene rings is 2. The van der Waals surface area contributed by atoms with Crippen molar-refractivity contribution < 1.29 is 9.84 Å². The van der Waals surface area contributed by atoms with Crippen molar-refractivity contribution in [3.63, 3.8) is 0 Å². The lowest BCUT2D eigenvalue weighted by Crippen LogP contribution is -2.51. The zero-order chi connectivity index (χ0) is 22.8. The molecule has 2 N–H and O–H groups in total. The summed E-state index contributed by atoms with van der Waals surface area (Å²) in [6, 6.07) is 14.7. The van der Waals surface area contributed by atoms with Gasteiger partial charge in [-0.3, -0.25) is 0 Å². The van der Waals surface area contributed by atoms with Crippen LogP contribution in [0.2, 0.25) is 0 Å². The van der Waals surface area contributed by atoms with Crippen molar-refractivity contribution >= 4 is 38.6 Å². The summed E-state index contributed by atoms with van der Waals surface area (Å²) in [5.74, 6) is 0.786. The second-order valence-electron chi connectivity index (χ2n) is 8.46. The summed E-state index contributed by atoms with van der Waals surface area (Å²) < 4.78 is 7.18. The molecule has 1 aliphatic heterocycles. The molecule has 0 amide bonds. The van der Waals surface area contributed by atoms with Crippen LogP contribution < -0.4 is 15.0 Å². The maximum Gasteiger partial charge on any atom is 0.145 e. The van der Waals surface area contributed by atoms with Crippen LogP contribution in [0, 0.1) is 6.92 Å². The molecule has 1 fully saturated rings. The van der Waals surface area contributed by atoms with Crippen LogP contribution in [0.25, 0.3) is 20.8 Å². The Morgan fingerprint density at radius 2 is 2.06 bits per heavy atom. The van der Waals surface area contributed by atoms with Crippen molar-refractivity contribution in [1.29, 1.82) is 0 Å². The number of aromatic nitrogens is 2. The molecule has 0 spiro atoms. The van der Waals surface area contributed by atoms with E-state index in [2.05, 4.69) is 45.9 Å². The van der Waals surface area contributed by atoms with E-state index in [-0.39, 0.29) is 12.6 Å². The van der Waals surface area contributed by atoms with E-state index in [1.807, 2.05) is 19.1 Å². The van der Waals surface area contributed by atoms with Crippen molar-refractivity contribution in [2.24, 2.45) is 0 Å². The fourth-order valence-corrected chi connectivity index (χ4v) is 5.91. The van der Waals surface area contributed by atoms with Crippen LogP contribution in [-0.2, 0) is 6.42 Å². The lowest BCUT2D eigenvalue weighted by atomic mass is 10.1. The maximum atomic E-state index is 9.75. The molecule has 3 heterocycles. The summed E-state index contributed by atoms with van der Waals surface area (Å²) in [7, 11) is 0. The standard InChI is InChI=1S/C25H28N4O2S2/c1-16(30)14-31-21-8-9-22-23(27-17(2)33-22)24(21)29-11-10-26-19(13-29)12-20-15-32-25(28-20)18-6-4-3-5-7-18/h3-9,15-16,19,26,30H,10-14H2,1-2H3/t16-,19?/m1/s1. The molecular formula is C25H28N4O2S2. The third kappa shape index (κ3) is 5.04. The summed E-state index contributed by atoms with van der Waals surface area (Å²) in [6.07, 6.45) is 0.348. The lowest BCUT2D eigenvalue weighted by molar-refractivity contribution is 0.123. The Hall–Kier alpha value is -2.52. The van der Waals surface area contributed by atoms with Gasteiger partial charge in [0.2, 0.25) is 0 Å². The molecule has 4 aromatic rings. The number of nitrogens with zero attached hydrogens (tertiary/aromatic N) is 3. The molecule has 6 nitrogen and oxygen atoms in total. The van der Waals surface area contributed by atoms with Gasteiger partial charge >= 0.3 is 0 Å². The maximum absolute atomic E-state index is 9.75. The molecule has 1 unspecified atom stereocenters. The van der Waals surface area contributed by atoms with Gasteiger partial charge in [-0.1, -0.05) is 30.3 Å². The average molecular weight is 481 g/mol. The Labute approximate surface area is 201 Å².